The zero-order valence-corrected chi connectivity index (χ0v) is 11.8. The first-order chi connectivity index (χ1) is 8.59. The minimum atomic E-state index is -0.735. The first kappa shape index (κ1) is 17.4. The molecule has 102 valence electrons. The van der Waals surface area contributed by atoms with Crippen LogP contribution in [-0.4, -0.2) is 16.9 Å². The molecule has 3 nitrogen and oxygen atoms in total. The molecule has 0 atom stereocenters. The van der Waals surface area contributed by atoms with E-state index in [0.717, 1.165) is 11.1 Å². The van der Waals surface area contributed by atoms with Crippen molar-refractivity contribution in [2.45, 2.75) is 19.8 Å². The molecule has 4 heteroatoms. The second-order valence-corrected chi connectivity index (χ2v) is 3.92. The summed E-state index contributed by atoms with van der Waals surface area (Å²) < 4.78 is 0. The molecule has 0 radical (unpaired) electrons. The Morgan fingerprint density at radius 1 is 1.00 bits per heavy atom. The second-order valence-electron chi connectivity index (χ2n) is 3.92. The average molecular weight is 300 g/mol. The molecule has 1 N–H and O–H groups in total. The maximum absolute atomic E-state index is 10.5. The summed E-state index contributed by atoms with van der Waals surface area (Å²) in [6.45, 7) is 1.56. The molecule has 0 saturated heterocycles. The van der Waals surface area contributed by atoms with Gasteiger partial charge in [-0.1, -0.05) is 12.0 Å². The minimum absolute atomic E-state index is 0. The summed E-state index contributed by atoms with van der Waals surface area (Å²) >= 11 is 0. The first-order valence-electron chi connectivity index (χ1n) is 5.74. The van der Waals surface area contributed by atoms with Gasteiger partial charge in [-0.3, -0.25) is 4.79 Å². The Bertz CT molecular complexity index is 469. The van der Waals surface area contributed by atoms with Crippen LogP contribution < -0.4 is 0 Å². The SMILES string of the molecule is CC(=O)[c-]1cccc1.O=C(O)CC[c-]1cccc1.[Fe+2]. The van der Waals surface area contributed by atoms with Crippen LogP contribution in [-0.2, 0) is 28.3 Å². The Hall–Kier alpha value is -1.64. The Kier molecular flexibility index (Phi) is 8.51. The average Bonchev–Trinajstić information content (AvgIpc) is 3.00. The molecule has 0 bridgehead atoms. The van der Waals surface area contributed by atoms with Gasteiger partial charge in [-0.2, -0.15) is 29.8 Å². The van der Waals surface area contributed by atoms with Gasteiger partial charge < -0.3 is 9.90 Å². The van der Waals surface area contributed by atoms with Gasteiger partial charge in [-0.15, -0.1) is 0 Å². The van der Waals surface area contributed by atoms with E-state index in [-0.39, 0.29) is 29.3 Å². The number of carbonyl (C=O) groups is 2. The minimum Gasteiger partial charge on any atom is -0.481 e. The normalized spacial score (nSPS) is 8.89. The van der Waals surface area contributed by atoms with Crippen LogP contribution in [0.5, 0.6) is 0 Å². The molecular weight excluding hydrogens is 284 g/mol. The number of carboxylic acids is 1. The number of hydrogen-bond donors (Lipinski definition) is 1. The third-order valence-electron chi connectivity index (χ3n) is 2.43. The van der Waals surface area contributed by atoms with Crippen LogP contribution in [0.2, 0.25) is 0 Å². The van der Waals surface area contributed by atoms with Crippen molar-refractivity contribution < 1.29 is 31.8 Å². The molecule has 0 fully saturated rings. The summed E-state index contributed by atoms with van der Waals surface area (Å²) in [5.41, 5.74) is 1.90. The molecule has 0 spiro atoms. The molecule has 0 amide bonds. The van der Waals surface area contributed by atoms with Crippen LogP contribution in [0, 0.1) is 0 Å². The molecule has 2 rings (SSSR count). The predicted octanol–water partition coefficient (Wildman–Crippen LogP) is 3.03. The van der Waals surface area contributed by atoms with Crippen molar-refractivity contribution in [3.8, 4) is 0 Å². The second kappa shape index (κ2) is 9.31. The molecule has 0 aliphatic heterocycles. The van der Waals surface area contributed by atoms with E-state index in [9.17, 15) is 9.59 Å². The van der Waals surface area contributed by atoms with Crippen molar-refractivity contribution in [1.82, 2.24) is 0 Å². The van der Waals surface area contributed by atoms with E-state index in [2.05, 4.69) is 0 Å². The van der Waals surface area contributed by atoms with Gasteiger partial charge in [-0.25, -0.2) is 24.3 Å². The van der Waals surface area contributed by atoms with Gasteiger partial charge in [0.25, 0.3) is 0 Å². The molecule has 0 aliphatic rings. The molecule has 0 aromatic heterocycles. The van der Waals surface area contributed by atoms with Crippen LogP contribution in [0.1, 0.15) is 29.3 Å². The Morgan fingerprint density at radius 2 is 1.47 bits per heavy atom. The third-order valence-corrected chi connectivity index (χ3v) is 2.43. The zero-order chi connectivity index (χ0) is 13.4. The van der Waals surface area contributed by atoms with Gasteiger partial charge in [-0.05, 0) is 6.92 Å². The number of rotatable bonds is 4. The van der Waals surface area contributed by atoms with Crippen LogP contribution in [0.25, 0.3) is 0 Å². The standard InChI is InChI=1S/C8H9O2.C7H7O.Fe/c9-8(10)6-5-7-3-1-2-4-7;1-6(8)7-4-2-3-5-7;/h1-4H,5-6H2,(H,9,10);2-5H,1H3;/q2*-1;+2. The van der Waals surface area contributed by atoms with Crippen molar-refractivity contribution in [3.63, 3.8) is 0 Å². The zero-order valence-electron chi connectivity index (χ0n) is 10.7. The van der Waals surface area contributed by atoms with Crippen LogP contribution in [0.15, 0.2) is 48.5 Å². The third kappa shape index (κ3) is 7.39. The van der Waals surface area contributed by atoms with E-state index in [1.165, 1.54) is 0 Å². The van der Waals surface area contributed by atoms with Gasteiger partial charge in [0.05, 0.1) is 0 Å². The van der Waals surface area contributed by atoms with Crippen LogP contribution in [0.3, 0.4) is 0 Å². The molecule has 2 aromatic carbocycles. The molecule has 0 unspecified atom stereocenters. The summed E-state index contributed by atoms with van der Waals surface area (Å²) in [4.78, 5) is 20.6. The largest absolute Gasteiger partial charge is 2.00 e. The topological polar surface area (TPSA) is 54.4 Å². The fraction of sp³-hybridized carbons (Fsp3) is 0.200. The fourth-order valence-corrected chi connectivity index (χ4v) is 1.44. The summed E-state index contributed by atoms with van der Waals surface area (Å²) in [7, 11) is 0. The van der Waals surface area contributed by atoms with Gasteiger partial charge in [0.2, 0.25) is 0 Å². The van der Waals surface area contributed by atoms with Crippen molar-refractivity contribution in [3.05, 3.63) is 59.7 Å². The van der Waals surface area contributed by atoms with Crippen molar-refractivity contribution in [2.75, 3.05) is 0 Å². The number of Topliss-reactive ketones (excluding diaryl/α,β-unsaturated/α-hetero) is 1. The van der Waals surface area contributed by atoms with E-state index in [0.29, 0.717) is 6.42 Å². The number of aryl methyl sites for hydroxylation is 1. The van der Waals surface area contributed by atoms with Crippen molar-refractivity contribution in [1.29, 1.82) is 0 Å². The Morgan fingerprint density at radius 3 is 1.84 bits per heavy atom. The molecule has 0 saturated carbocycles. The van der Waals surface area contributed by atoms with Gasteiger partial charge in [0.15, 0.2) is 0 Å². The van der Waals surface area contributed by atoms with E-state index < -0.39 is 5.97 Å². The van der Waals surface area contributed by atoms with E-state index in [1.54, 1.807) is 6.92 Å². The van der Waals surface area contributed by atoms with E-state index in [1.807, 2.05) is 48.5 Å². The summed E-state index contributed by atoms with van der Waals surface area (Å²) in [5.74, 6) is -0.601. The fourth-order valence-electron chi connectivity index (χ4n) is 1.44. The molecule has 0 heterocycles. The Labute approximate surface area is 123 Å². The first-order valence-corrected chi connectivity index (χ1v) is 5.74. The number of carbonyl (C=O) groups excluding carboxylic acids is 1. The van der Waals surface area contributed by atoms with E-state index >= 15 is 0 Å². The predicted molar refractivity (Wildman–Crippen MR) is 70.0 cm³/mol. The number of hydrogen-bond acceptors (Lipinski definition) is 2. The number of carboxylic acid groups (broad SMARTS) is 1. The quantitative estimate of drug-likeness (QED) is 0.536. The maximum atomic E-state index is 10.5. The van der Waals surface area contributed by atoms with Crippen molar-refractivity contribution in [2.24, 2.45) is 0 Å². The van der Waals surface area contributed by atoms with Gasteiger partial charge >= 0.3 is 23.0 Å². The van der Waals surface area contributed by atoms with Crippen LogP contribution >= 0.6 is 0 Å². The monoisotopic (exact) mass is 300 g/mol. The van der Waals surface area contributed by atoms with Gasteiger partial charge in [0, 0.05) is 6.42 Å². The maximum Gasteiger partial charge on any atom is 2.00 e. The smallest absolute Gasteiger partial charge is 0.481 e. The van der Waals surface area contributed by atoms with Gasteiger partial charge in [0.1, 0.15) is 5.78 Å². The molecule has 19 heavy (non-hydrogen) atoms. The Balaban J connectivity index is 0.000000331. The van der Waals surface area contributed by atoms with E-state index in [4.69, 9.17) is 5.11 Å². The number of ketones is 1. The summed E-state index contributed by atoms with van der Waals surface area (Å²) in [5, 5.41) is 8.31. The van der Waals surface area contributed by atoms with Crippen LogP contribution in [0.4, 0.5) is 0 Å². The number of aliphatic carboxylic acids is 1. The summed E-state index contributed by atoms with van der Waals surface area (Å²) in [6.07, 6.45) is 0.867. The summed E-state index contributed by atoms with van der Waals surface area (Å²) in [6, 6.07) is 15.0. The van der Waals surface area contributed by atoms with Crippen molar-refractivity contribution >= 4 is 11.8 Å². The molecule has 0 aliphatic carbocycles. The molecule has 2 aromatic rings. The molecular formula is C15H16FeO3.